The first kappa shape index (κ1) is 17.2. The lowest BCUT2D eigenvalue weighted by atomic mass is 9.93. The number of nitrogens with one attached hydrogen (secondary N) is 2. The highest BCUT2D eigenvalue weighted by molar-refractivity contribution is 5.99. The lowest BCUT2D eigenvalue weighted by Crippen LogP contribution is -2.50. The van der Waals surface area contributed by atoms with E-state index in [1.54, 1.807) is 13.0 Å². The minimum absolute atomic E-state index is 0.0635. The van der Waals surface area contributed by atoms with Gasteiger partial charge in [-0.2, -0.15) is 0 Å². The van der Waals surface area contributed by atoms with Gasteiger partial charge in [0.05, 0.1) is 5.54 Å². The van der Waals surface area contributed by atoms with Gasteiger partial charge in [0, 0.05) is 17.8 Å². The number of carbonyl (C=O) groups excluding carboxylic acids is 2. The van der Waals surface area contributed by atoms with E-state index in [0.29, 0.717) is 30.6 Å². The molecular formula is C16H25N3O2. The van der Waals surface area contributed by atoms with E-state index in [1.165, 1.54) is 0 Å². The Bertz CT molecular complexity index is 522. The fourth-order valence-corrected chi connectivity index (χ4v) is 1.90. The predicted molar refractivity (Wildman–Crippen MR) is 86.2 cm³/mol. The first-order valence-electron chi connectivity index (χ1n) is 7.37. The molecule has 116 valence electrons. The summed E-state index contributed by atoms with van der Waals surface area (Å²) in [6.07, 6.45) is 1.55. The summed E-state index contributed by atoms with van der Waals surface area (Å²) in [5.41, 5.74) is 7.49. The predicted octanol–water partition coefficient (Wildman–Crippen LogP) is 2.80. The van der Waals surface area contributed by atoms with Gasteiger partial charge in [-0.1, -0.05) is 26.8 Å². The lowest BCUT2D eigenvalue weighted by Gasteiger charge is -2.25. The van der Waals surface area contributed by atoms with Crippen molar-refractivity contribution >= 4 is 23.2 Å². The Morgan fingerprint density at radius 1 is 1.14 bits per heavy atom. The van der Waals surface area contributed by atoms with Crippen molar-refractivity contribution in [2.24, 2.45) is 5.73 Å². The summed E-state index contributed by atoms with van der Waals surface area (Å²) in [4.78, 5) is 23.7. The number of aryl methyl sites for hydroxylation is 1. The number of nitrogens with two attached hydrogens (primary N) is 1. The Hall–Kier alpha value is -1.88. The van der Waals surface area contributed by atoms with Crippen LogP contribution in [0.1, 0.15) is 45.6 Å². The molecule has 0 saturated carbocycles. The maximum atomic E-state index is 12.3. The number of carbonyl (C=O) groups is 2. The van der Waals surface area contributed by atoms with Crippen LogP contribution in [-0.4, -0.2) is 17.4 Å². The SMILES string of the molecule is CCC(=O)Nc1ccc(C)c(NC(=O)C(N)(CC)CC)c1. The molecule has 0 aliphatic heterocycles. The van der Waals surface area contributed by atoms with Gasteiger partial charge in [-0.3, -0.25) is 9.59 Å². The Labute approximate surface area is 126 Å². The molecule has 4 N–H and O–H groups in total. The van der Waals surface area contributed by atoms with E-state index in [0.717, 1.165) is 5.56 Å². The van der Waals surface area contributed by atoms with Crippen molar-refractivity contribution in [2.75, 3.05) is 10.6 Å². The minimum atomic E-state index is -0.866. The number of hydrogen-bond acceptors (Lipinski definition) is 3. The third-order valence-electron chi connectivity index (χ3n) is 3.80. The molecule has 1 aromatic rings. The molecule has 0 fully saturated rings. The molecule has 0 heterocycles. The normalized spacial score (nSPS) is 11.1. The third-order valence-corrected chi connectivity index (χ3v) is 3.80. The summed E-state index contributed by atoms with van der Waals surface area (Å²) in [5.74, 6) is -0.263. The van der Waals surface area contributed by atoms with E-state index in [-0.39, 0.29) is 11.8 Å². The second kappa shape index (κ2) is 7.22. The molecule has 0 atom stereocenters. The van der Waals surface area contributed by atoms with Crippen molar-refractivity contribution < 1.29 is 9.59 Å². The van der Waals surface area contributed by atoms with Crippen LogP contribution in [0.4, 0.5) is 11.4 Å². The molecule has 0 radical (unpaired) electrons. The lowest BCUT2D eigenvalue weighted by molar-refractivity contribution is -0.121. The second-order valence-electron chi connectivity index (χ2n) is 5.25. The average Bonchev–Trinajstić information content (AvgIpc) is 2.49. The van der Waals surface area contributed by atoms with Crippen LogP contribution in [0, 0.1) is 6.92 Å². The molecule has 1 rings (SSSR count). The maximum absolute atomic E-state index is 12.3. The fraction of sp³-hybridized carbons (Fsp3) is 0.500. The molecule has 0 aromatic heterocycles. The largest absolute Gasteiger partial charge is 0.326 e. The van der Waals surface area contributed by atoms with Crippen molar-refractivity contribution in [1.82, 2.24) is 0 Å². The van der Waals surface area contributed by atoms with Gasteiger partial charge in [-0.05, 0) is 37.5 Å². The van der Waals surface area contributed by atoms with Crippen LogP contribution >= 0.6 is 0 Å². The summed E-state index contributed by atoms with van der Waals surface area (Å²) in [6.45, 7) is 7.48. The standard InChI is InChI=1S/C16H25N3O2/c1-5-14(20)18-12-9-8-11(4)13(10-12)19-15(21)16(17,6-2)7-3/h8-10H,5-7,17H2,1-4H3,(H,18,20)(H,19,21). The van der Waals surface area contributed by atoms with Gasteiger partial charge < -0.3 is 16.4 Å². The van der Waals surface area contributed by atoms with Crippen molar-refractivity contribution in [3.05, 3.63) is 23.8 Å². The zero-order chi connectivity index (χ0) is 16.0. The van der Waals surface area contributed by atoms with Gasteiger partial charge in [0.2, 0.25) is 11.8 Å². The molecule has 0 saturated heterocycles. The fourth-order valence-electron chi connectivity index (χ4n) is 1.90. The number of anilines is 2. The van der Waals surface area contributed by atoms with Gasteiger partial charge in [-0.15, -0.1) is 0 Å². The molecule has 0 aliphatic carbocycles. The summed E-state index contributed by atoms with van der Waals surface area (Å²) >= 11 is 0. The zero-order valence-electron chi connectivity index (χ0n) is 13.2. The number of benzene rings is 1. The first-order valence-corrected chi connectivity index (χ1v) is 7.37. The molecule has 2 amide bonds. The molecule has 1 aromatic carbocycles. The van der Waals surface area contributed by atoms with Crippen molar-refractivity contribution in [1.29, 1.82) is 0 Å². The number of hydrogen-bond donors (Lipinski definition) is 3. The Kier molecular flexibility index (Phi) is 5.90. The smallest absolute Gasteiger partial charge is 0.244 e. The van der Waals surface area contributed by atoms with E-state index < -0.39 is 5.54 Å². The van der Waals surface area contributed by atoms with E-state index in [4.69, 9.17) is 5.73 Å². The van der Waals surface area contributed by atoms with Gasteiger partial charge in [0.15, 0.2) is 0 Å². The van der Waals surface area contributed by atoms with E-state index in [1.807, 2.05) is 32.9 Å². The molecule has 0 spiro atoms. The topological polar surface area (TPSA) is 84.2 Å². The maximum Gasteiger partial charge on any atom is 0.244 e. The van der Waals surface area contributed by atoms with Crippen molar-refractivity contribution in [3.8, 4) is 0 Å². The first-order chi connectivity index (χ1) is 9.86. The monoisotopic (exact) mass is 291 g/mol. The van der Waals surface area contributed by atoms with Crippen LogP contribution in [0.5, 0.6) is 0 Å². The summed E-state index contributed by atoms with van der Waals surface area (Å²) in [5, 5.41) is 5.65. The highest BCUT2D eigenvalue weighted by Gasteiger charge is 2.30. The molecule has 0 bridgehead atoms. The van der Waals surface area contributed by atoms with Crippen molar-refractivity contribution in [3.63, 3.8) is 0 Å². The van der Waals surface area contributed by atoms with Crippen LogP contribution in [0.15, 0.2) is 18.2 Å². The summed E-state index contributed by atoms with van der Waals surface area (Å²) < 4.78 is 0. The van der Waals surface area contributed by atoms with Gasteiger partial charge >= 0.3 is 0 Å². The number of amides is 2. The van der Waals surface area contributed by atoms with Crippen LogP contribution in [0.3, 0.4) is 0 Å². The third kappa shape index (κ3) is 4.29. The highest BCUT2D eigenvalue weighted by atomic mass is 16.2. The Balaban J connectivity index is 2.95. The molecule has 0 unspecified atom stereocenters. The van der Waals surface area contributed by atoms with Crippen LogP contribution in [-0.2, 0) is 9.59 Å². The van der Waals surface area contributed by atoms with Crippen LogP contribution in [0.25, 0.3) is 0 Å². The van der Waals surface area contributed by atoms with E-state index >= 15 is 0 Å². The van der Waals surface area contributed by atoms with Crippen LogP contribution < -0.4 is 16.4 Å². The van der Waals surface area contributed by atoms with Gasteiger partial charge in [-0.25, -0.2) is 0 Å². The molecule has 5 nitrogen and oxygen atoms in total. The van der Waals surface area contributed by atoms with E-state index in [9.17, 15) is 9.59 Å². The average molecular weight is 291 g/mol. The van der Waals surface area contributed by atoms with Crippen LogP contribution in [0.2, 0.25) is 0 Å². The highest BCUT2D eigenvalue weighted by Crippen LogP contribution is 2.22. The summed E-state index contributed by atoms with van der Waals surface area (Å²) in [6, 6.07) is 5.43. The molecular weight excluding hydrogens is 266 g/mol. The second-order valence-corrected chi connectivity index (χ2v) is 5.25. The molecule has 0 aliphatic rings. The molecule has 5 heteroatoms. The van der Waals surface area contributed by atoms with Crippen molar-refractivity contribution in [2.45, 2.75) is 52.5 Å². The molecule has 21 heavy (non-hydrogen) atoms. The zero-order valence-corrected chi connectivity index (χ0v) is 13.2. The van der Waals surface area contributed by atoms with Gasteiger partial charge in [0.25, 0.3) is 0 Å². The quantitative estimate of drug-likeness (QED) is 0.753. The van der Waals surface area contributed by atoms with E-state index in [2.05, 4.69) is 10.6 Å². The minimum Gasteiger partial charge on any atom is -0.326 e. The summed E-state index contributed by atoms with van der Waals surface area (Å²) in [7, 11) is 0. The Morgan fingerprint density at radius 3 is 2.29 bits per heavy atom. The van der Waals surface area contributed by atoms with Gasteiger partial charge in [0.1, 0.15) is 0 Å². The number of rotatable bonds is 6. The Morgan fingerprint density at radius 2 is 1.76 bits per heavy atom.